The number of aliphatic imine (C=N–C) groups is 2. The molecule has 0 aliphatic carbocycles. The van der Waals surface area contributed by atoms with Crippen LogP contribution in [0.3, 0.4) is 0 Å². The van der Waals surface area contributed by atoms with Gasteiger partial charge in [0, 0.05) is 17.8 Å². The highest BCUT2D eigenvalue weighted by Gasteiger charge is 2.13. The Bertz CT molecular complexity index is 1150. The van der Waals surface area contributed by atoms with Gasteiger partial charge in [0.25, 0.3) is 0 Å². The number of nitrogens with zero attached hydrogens (tertiary/aromatic N) is 2. The van der Waals surface area contributed by atoms with E-state index in [1.807, 2.05) is 13.0 Å². The van der Waals surface area contributed by atoms with Crippen molar-refractivity contribution in [2.75, 3.05) is 5.32 Å². The smallest absolute Gasteiger partial charge is 0.103 e. The van der Waals surface area contributed by atoms with E-state index in [0.29, 0.717) is 11.8 Å². The first-order chi connectivity index (χ1) is 16.2. The molecule has 0 aliphatic heterocycles. The molecule has 178 valence electrons. The van der Waals surface area contributed by atoms with Crippen molar-refractivity contribution in [3.8, 4) is 0 Å². The van der Waals surface area contributed by atoms with Gasteiger partial charge in [0.2, 0.25) is 0 Å². The van der Waals surface area contributed by atoms with Gasteiger partial charge in [0.05, 0.1) is 11.4 Å². The molecule has 3 heteroatoms. The maximum Gasteiger partial charge on any atom is 0.103 e. The van der Waals surface area contributed by atoms with Gasteiger partial charge in [-0.1, -0.05) is 70.2 Å². The molecule has 3 aromatic carbocycles. The Kier molecular flexibility index (Phi) is 8.44. The number of anilines is 1. The summed E-state index contributed by atoms with van der Waals surface area (Å²) in [4.78, 5) is 9.93. The molecule has 1 N–H and O–H groups in total. The van der Waals surface area contributed by atoms with Crippen molar-refractivity contribution < 1.29 is 0 Å². The molecular formula is C31H39N3. The average molecular weight is 454 g/mol. The third-order valence-corrected chi connectivity index (χ3v) is 6.19. The molecule has 0 amide bonds. The van der Waals surface area contributed by atoms with Crippen LogP contribution in [0.15, 0.2) is 70.6 Å². The zero-order valence-corrected chi connectivity index (χ0v) is 22.0. The fraction of sp³-hybridized carbons (Fsp3) is 0.355. The topological polar surface area (TPSA) is 36.8 Å². The van der Waals surface area contributed by atoms with Crippen LogP contribution in [-0.4, -0.2) is 11.5 Å². The number of aryl methyl sites for hydroxylation is 2. The Hall–Kier alpha value is -3.20. The largest absolute Gasteiger partial charge is 0.344 e. The second-order valence-electron chi connectivity index (χ2n) is 9.86. The lowest BCUT2D eigenvalue weighted by atomic mass is 9.93. The highest BCUT2D eigenvalue weighted by molar-refractivity contribution is 5.96. The van der Waals surface area contributed by atoms with Gasteiger partial charge in [0.15, 0.2) is 0 Å². The summed E-state index contributed by atoms with van der Waals surface area (Å²) in [6, 6.07) is 21.2. The van der Waals surface area contributed by atoms with E-state index in [-0.39, 0.29) is 0 Å². The molecule has 0 spiro atoms. The number of rotatable bonds is 7. The summed E-state index contributed by atoms with van der Waals surface area (Å²) >= 11 is 0. The molecular weight excluding hydrogens is 414 g/mol. The van der Waals surface area contributed by atoms with E-state index in [2.05, 4.69) is 108 Å². The maximum atomic E-state index is 5.03. The SMILES string of the molecule is CC(Cc1c(C)cccc1C)=Nc1cccc(NC(C)=Nc2c(C(C)C)cccc2C(C)C)c1. The quantitative estimate of drug-likeness (QED) is 0.281. The monoisotopic (exact) mass is 453 g/mol. The van der Waals surface area contributed by atoms with Crippen LogP contribution in [0, 0.1) is 13.8 Å². The molecule has 0 saturated carbocycles. The van der Waals surface area contributed by atoms with Crippen LogP contribution in [0.5, 0.6) is 0 Å². The molecule has 0 bridgehead atoms. The Morgan fingerprint density at radius 1 is 0.765 bits per heavy atom. The lowest BCUT2D eigenvalue weighted by Crippen LogP contribution is -2.08. The van der Waals surface area contributed by atoms with Crippen molar-refractivity contribution in [2.24, 2.45) is 9.98 Å². The summed E-state index contributed by atoms with van der Waals surface area (Å²) in [5, 5.41) is 3.48. The molecule has 3 rings (SSSR count). The third-order valence-electron chi connectivity index (χ3n) is 6.19. The van der Waals surface area contributed by atoms with E-state index in [4.69, 9.17) is 9.98 Å². The summed E-state index contributed by atoms with van der Waals surface area (Å²) in [5.41, 5.74) is 10.7. The van der Waals surface area contributed by atoms with E-state index in [1.165, 1.54) is 27.8 Å². The van der Waals surface area contributed by atoms with E-state index in [9.17, 15) is 0 Å². The van der Waals surface area contributed by atoms with E-state index in [0.717, 1.165) is 35.0 Å². The zero-order chi connectivity index (χ0) is 24.8. The van der Waals surface area contributed by atoms with Gasteiger partial charge in [-0.2, -0.15) is 0 Å². The number of hydrogen-bond donors (Lipinski definition) is 1. The molecule has 0 saturated heterocycles. The second-order valence-corrected chi connectivity index (χ2v) is 9.86. The predicted molar refractivity (Wildman–Crippen MR) is 150 cm³/mol. The first kappa shape index (κ1) is 25.4. The Balaban J connectivity index is 1.83. The lowest BCUT2D eigenvalue weighted by Gasteiger charge is -2.17. The van der Waals surface area contributed by atoms with Crippen LogP contribution >= 0.6 is 0 Å². The fourth-order valence-corrected chi connectivity index (χ4v) is 4.34. The molecule has 0 atom stereocenters. The molecule has 0 radical (unpaired) electrons. The average Bonchev–Trinajstić information content (AvgIpc) is 2.76. The zero-order valence-electron chi connectivity index (χ0n) is 22.0. The minimum Gasteiger partial charge on any atom is -0.344 e. The van der Waals surface area contributed by atoms with Gasteiger partial charge in [-0.3, -0.25) is 4.99 Å². The van der Waals surface area contributed by atoms with E-state index in [1.54, 1.807) is 0 Å². The second kappa shape index (κ2) is 11.3. The van der Waals surface area contributed by atoms with Crippen LogP contribution < -0.4 is 5.32 Å². The Labute approximate surface area is 206 Å². The first-order valence-electron chi connectivity index (χ1n) is 12.3. The number of benzene rings is 3. The summed E-state index contributed by atoms with van der Waals surface area (Å²) in [6.45, 7) is 17.4. The van der Waals surface area contributed by atoms with E-state index >= 15 is 0 Å². The summed E-state index contributed by atoms with van der Waals surface area (Å²) < 4.78 is 0. The van der Waals surface area contributed by atoms with Crippen LogP contribution in [0.25, 0.3) is 0 Å². The minimum absolute atomic E-state index is 0.419. The molecule has 3 aromatic rings. The van der Waals surface area contributed by atoms with Crippen LogP contribution in [-0.2, 0) is 6.42 Å². The molecule has 3 nitrogen and oxygen atoms in total. The van der Waals surface area contributed by atoms with Gasteiger partial charge in [-0.15, -0.1) is 0 Å². The number of para-hydroxylation sites is 1. The Morgan fingerprint density at radius 2 is 1.32 bits per heavy atom. The summed E-state index contributed by atoms with van der Waals surface area (Å²) in [7, 11) is 0. The number of hydrogen-bond acceptors (Lipinski definition) is 2. The van der Waals surface area contributed by atoms with Crippen molar-refractivity contribution in [3.05, 3.63) is 88.5 Å². The molecule has 0 heterocycles. The Morgan fingerprint density at radius 3 is 1.91 bits per heavy atom. The highest BCUT2D eigenvalue weighted by Crippen LogP contribution is 2.35. The molecule has 0 aromatic heterocycles. The first-order valence-corrected chi connectivity index (χ1v) is 12.3. The molecule has 0 unspecified atom stereocenters. The van der Waals surface area contributed by atoms with Crippen LogP contribution in [0.2, 0.25) is 0 Å². The van der Waals surface area contributed by atoms with Crippen molar-refractivity contribution in [2.45, 2.75) is 73.6 Å². The molecule has 0 aliphatic rings. The van der Waals surface area contributed by atoms with Crippen molar-refractivity contribution in [3.63, 3.8) is 0 Å². The standard InChI is InChI=1S/C31H39N3/c1-20(2)28-16-11-17-29(21(3)4)31(28)34-25(8)33-27-15-10-14-26(19-27)32-24(7)18-30-22(5)12-9-13-23(30)6/h9-17,19-21H,18H2,1-8H3,(H,33,34). The van der Waals surface area contributed by atoms with Gasteiger partial charge in [-0.25, -0.2) is 4.99 Å². The number of amidine groups is 1. The van der Waals surface area contributed by atoms with Crippen molar-refractivity contribution in [1.29, 1.82) is 0 Å². The van der Waals surface area contributed by atoms with Crippen LogP contribution in [0.1, 0.15) is 81.2 Å². The summed E-state index contributed by atoms with van der Waals surface area (Å²) in [5.74, 6) is 1.72. The maximum absolute atomic E-state index is 5.03. The van der Waals surface area contributed by atoms with Gasteiger partial charge in [-0.05, 0) is 85.5 Å². The minimum atomic E-state index is 0.419. The normalized spacial score (nSPS) is 12.5. The molecule has 34 heavy (non-hydrogen) atoms. The van der Waals surface area contributed by atoms with Gasteiger partial charge in [0.1, 0.15) is 5.84 Å². The van der Waals surface area contributed by atoms with E-state index < -0.39 is 0 Å². The van der Waals surface area contributed by atoms with Crippen LogP contribution in [0.4, 0.5) is 17.1 Å². The summed E-state index contributed by atoms with van der Waals surface area (Å²) in [6.07, 6.45) is 0.862. The predicted octanol–water partition coefficient (Wildman–Crippen LogP) is 9.05. The van der Waals surface area contributed by atoms with Gasteiger partial charge >= 0.3 is 0 Å². The highest BCUT2D eigenvalue weighted by atomic mass is 15.0. The van der Waals surface area contributed by atoms with Crippen molar-refractivity contribution >= 4 is 28.6 Å². The third kappa shape index (κ3) is 6.44. The molecule has 0 fully saturated rings. The fourth-order valence-electron chi connectivity index (χ4n) is 4.34. The van der Waals surface area contributed by atoms with Crippen molar-refractivity contribution in [1.82, 2.24) is 0 Å². The lowest BCUT2D eigenvalue weighted by molar-refractivity contribution is 0.834. The number of nitrogens with one attached hydrogen (secondary N) is 1. The van der Waals surface area contributed by atoms with Gasteiger partial charge < -0.3 is 5.32 Å².